The third kappa shape index (κ3) is 16.9. The summed E-state index contributed by atoms with van der Waals surface area (Å²) < 4.78 is 9.45. The molecule has 16 heteroatoms. The lowest BCUT2D eigenvalue weighted by Crippen LogP contribution is -2.49. The largest absolute Gasteiger partial charge is 0.544 e. The number of ether oxygens (including phenoxy) is 1. The van der Waals surface area contributed by atoms with Crippen LogP contribution in [0.25, 0.3) is 0 Å². The molecule has 2 aromatic heterocycles. The van der Waals surface area contributed by atoms with E-state index in [-0.39, 0.29) is 37.4 Å². The average molecular weight is 620 g/mol. The Morgan fingerprint density at radius 1 is 0.841 bits per heavy atom. The van der Waals surface area contributed by atoms with Crippen LogP contribution in [0.15, 0.2) is 37.7 Å². The van der Waals surface area contributed by atoms with E-state index in [2.05, 4.69) is 44.4 Å². The number of nitrogens with one attached hydrogen (secondary N) is 2. The summed E-state index contributed by atoms with van der Waals surface area (Å²) in [6.07, 6.45) is 5.88. The Labute approximate surface area is 258 Å². The number of aliphatic carboxylic acids is 1. The Bertz CT molecular complexity index is 1280. The number of nitrogens with zero attached hydrogens (tertiary/aromatic N) is 8. The highest BCUT2D eigenvalue weighted by Crippen LogP contribution is 2.09. The summed E-state index contributed by atoms with van der Waals surface area (Å²) in [7, 11) is 7.54. The minimum absolute atomic E-state index is 0.0586. The lowest BCUT2D eigenvalue weighted by Gasteiger charge is -2.30. The Kier molecular flexibility index (Phi) is 14.5. The van der Waals surface area contributed by atoms with Crippen LogP contribution in [-0.4, -0.2) is 123 Å². The molecule has 2 aromatic rings. The van der Waals surface area contributed by atoms with Gasteiger partial charge in [-0.15, -0.1) is 10.2 Å². The van der Waals surface area contributed by atoms with Gasteiger partial charge < -0.3 is 34.2 Å². The first kappa shape index (κ1) is 37.6. The fraction of sp³-hybridized carbons (Fsp3) is 0.571. The molecule has 0 unspecified atom stereocenters. The molecule has 0 aromatic carbocycles. The second-order valence-corrected chi connectivity index (χ2v) is 12.4. The van der Waals surface area contributed by atoms with E-state index in [4.69, 9.17) is 4.74 Å². The number of quaternary nitrogens is 2. The molecule has 0 aliphatic heterocycles. The lowest BCUT2D eigenvalue weighted by atomic mass is 10.2. The van der Waals surface area contributed by atoms with Gasteiger partial charge in [0.05, 0.1) is 85.8 Å². The molecule has 2 amide bonds. The number of carbonyl (C=O) groups excluding carboxylic acids is 4. The molecule has 2 rings (SSSR count). The van der Waals surface area contributed by atoms with Gasteiger partial charge in [0.1, 0.15) is 23.5 Å². The molecule has 0 saturated carbocycles. The molecule has 0 radical (unpaired) electrons. The molecule has 44 heavy (non-hydrogen) atoms. The SMILES string of the molecule is C=CC(=O)NCc1cn(CC[N+](C)(C)CC(=O)OC(C)(C)C)nn1.C=CC(=O)NCc1cn(CC[N+](C)(C)CC(=O)[O-])nn1. The third-order valence-electron chi connectivity index (χ3n) is 5.83. The Hall–Kier alpha value is -4.44. The van der Waals surface area contributed by atoms with Crippen LogP contribution in [0.3, 0.4) is 0 Å². The normalized spacial score (nSPS) is 11.5. The van der Waals surface area contributed by atoms with Crippen molar-refractivity contribution in [3.05, 3.63) is 49.1 Å². The quantitative estimate of drug-likeness (QED) is 0.126. The minimum atomic E-state index is -1.08. The number of hydrogen-bond acceptors (Lipinski definition) is 10. The van der Waals surface area contributed by atoms with Crippen LogP contribution >= 0.6 is 0 Å². The number of carbonyl (C=O) groups is 4. The van der Waals surface area contributed by atoms with Crippen molar-refractivity contribution in [3.63, 3.8) is 0 Å². The number of rotatable bonds is 16. The van der Waals surface area contributed by atoms with Gasteiger partial charge in [-0.3, -0.25) is 9.59 Å². The molecule has 2 N–H and O–H groups in total. The van der Waals surface area contributed by atoms with Crippen molar-refractivity contribution in [1.29, 1.82) is 0 Å². The van der Waals surface area contributed by atoms with Gasteiger partial charge in [-0.25, -0.2) is 14.2 Å². The molecule has 0 atom stereocenters. The highest BCUT2D eigenvalue weighted by Gasteiger charge is 2.25. The lowest BCUT2D eigenvalue weighted by molar-refractivity contribution is -0.885. The van der Waals surface area contributed by atoms with E-state index in [1.54, 1.807) is 35.9 Å². The number of amides is 2. The van der Waals surface area contributed by atoms with Crippen LogP contribution in [-0.2, 0) is 50.1 Å². The highest BCUT2D eigenvalue weighted by molar-refractivity contribution is 5.87. The van der Waals surface area contributed by atoms with Crippen molar-refractivity contribution in [3.8, 4) is 0 Å². The zero-order valence-electron chi connectivity index (χ0n) is 26.9. The van der Waals surface area contributed by atoms with Crippen LogP contribution in [0.4, 0.5) is 0 Å². The summed E-state index contributed by atoms with van der Waals surface area (Å²) in [6.45, 7) is 15.5. The zero-order chi connectivity index (χ0) is 33.6. The second-order valence-electron chi connectivity index (χ2n) is 12.4. The summed E-state index contributed by atoms with van der Waals surface area (Å²) >= 11 is 0. The number of carboxylic acid groups (broad SMARTS) is 1. The molecule has 0 bridgehead atoms. The van der Waals surface area contributed by atoms with Crippen LogP contribution in [0, 0.1) is 0 Å². The van der Waals surface area contributed by atoms with E-state index in [1.165, 1.54) is 12.2 Å². The van der Waals surface area contributed by atoms with E-state index in [9.17, 15) is 24.3 Å². The van der Waals surface area contributed by atoms with E-state index in [0.717, 1.165) is 0 Å². The first-order chi connectivity index (χ1) is 20.3. The summed E-state index contributed by atoms with van der Waals surface area (Å²) in [6, 6.07) is 0. The molecular weight excluding hydrogens is 572 g/mol. The molecule has 2 heterocycles. The number of likely N-dealkylation sites (N-methyl/N-ethyl adjacent to an activating group) is 2. The Morgan fingerprint density at radius 2 is 1.25 bits per heavy atom. The van der Waals surface area contributed by atoms with E-state index in [0.29, 0.717) is 53.1 Å². The van der Waals surface area contributed by atoms with Gasteiger partial charge in [-0.05, 0) is 32.9 Å². The molecule has 244 valence electrons. The van der Waals surface area contributed by atoms with Crippen molar-refractivity contribution in [2.45, 2.75) is 52.6 Å². The van der Waals surface area contributed by atoms with Crippen LogP contribution in [0.2, 0.25) is 0 Å². The summed E-state index contributed by atoms with van der Waals surface area (Å²) in [5.41, 5.74) is 0.821. The average Bonchev–Trinajstić information content (AvgIpc) is 3.55. The van der Waals surface area contributed by atoms with Crippen molar-refractivity contribution < 1.29 is 38.0 Å². The molecule has 0 fully saturated rings. The van der Waals surface area contributed by atoms with Gasteiger partial charge in [-0.2, -0.15) is 0 Å². The maximum atomic E-state index is 11.9. The summed E-state index contributed by atoms with van der Waals surface area (Å²) in [5.74, 6) is -1.83. The maximum absolute atomic E-state index is 11.9. The fourth-order valence-electron chi connectivity index (χ4n) is 3.53. The molecular formula is C28H47N10O6+. The first-order valence-corrected chi connectivity index (χ1v) is 14.0. The Balaban J connectivity index is 0.000000447. The molecule has 0 spiro atoms. The predicted molar refractivity (Wildman–Crippen MR) is 159 cm³/mol. The van der Waals surface area contributed by atoms with Gasteiger partial charge in [0.15, 0.2) is 6.54 Å². The fourth-order valence-corrected chi connectivity index (χ4v) is 3.53. The number of aromatic nitrogens is 6. The van der Waals surface area contributed by atoms with Crippen molar-refractivity contribution in [2.24, 2.45) is 0 Å². The van der Waals surface area contributed by atoms with Gasteiger partial charge in [-0.1, -0.05) is 23.6 Å². The van der Waals surface area contributed by atoms with E-state index in [1.807, 2.05) is 34.9 Å². The summed E-state index contributed by atoms with van der Waals surface area (Å²) in [5, 5.41) is 31.7. The smallest absolute Gasteiger partial charge is 0.362 e. The highest BCUT2D eigenvalue weighted by atomic mass is 16.6. The molecule has 16 nitrogen and oxygen atoms in total. The molecule has 0 aliphatic rings. The minimum Gasteiger partial charge on any atom is -0.544 e. The third-order valence-corrected chi connectivity index (χ3v) is 5.83. The van der Waals surface area contributed by atoms with Gasteiger partial charge >= 0.3 is 5.97 Å². The van der Waals surface area contributed by atoms with Crippen molar-refractivity contribution in [2.75, 3.05) is 54.4 Å². The van der Waals surface area contributed by atoms with E-state index < -0.39 is 11.6 Å². The van der Waals surface area contributed by atoms with Crippen LogP contribution in [0.1, 0.15) is 32.2 Å². The van der Waals surface area contributed by atoms with Crippen LogP contribution in [0.5, 0.6) is 0 Å². The van der Waals surface area contributed by atoms with Gasteiger partial charge in [0.25, 0.3) is 0 Å². The van der Waals surface area contributed by atoms with Gasteiger partial charge in [0, 0.05) is 0 Å². The second kappa shape index (κ2) is 17.0. The zero-order valence-corrected chi connectivity index (χ0v) is 26.9. The molecule has 0 aliphatic carbocycles. The number of esters is 1. The topological polar surface area (TPSA) is 186 Å². The Morgan fingerprint density at radius 3 is 1.61 bits per heavy atom. The van der Waals surface area contributed by atoms with Gasteiger partial charge in [0.2, 0.25) is 11.8 Å². The van der Waals surface area contributed by atoms with Crippen molar-refractivity contribution in [1.82, 2.24) is 40.6 Å². The van der Waals surface area contributed by atoms with Crippen LogP contribution < -0.4 is 15.7 Å². The number of carboxylic acids is 1. The monoisotopic (exact) mass is 619 g/mol. The first-order valence-electron chi connectivity index (χ1n) is 14.0. The summed E-state index contributed by atoms with van der Waals surface area (Å²) in [4.78, 5) is 44.7. The number of hydrogen-bond donors (Lipinski definition) is 2. The molecule has 0 saturated heterocycles. The maximum Gasteiger partial charge on any atom is 0.362 e. The standard InChI is InChI=1S/C16H27N5O3.C12H19N5O3/c1-7-14(22)17-10-13-11-20(19-18-13)8-9-21(5,6)12-15(23)24-16(2,3)4;1-4-11(18)13-7-10-8-16(15-14-10)5-6-17(2,3)9-12(19)20/h7,11H,1,8-10,12H2,2-6H3;4,8H,1,5-7,9H2,2-3H3,(H-,13,18,19,20)/p+1. The predicted octanol–water partition coefficient (Wildman–Crippen LogP) is -1.59. The van der Waals surface area contributed by atoms with Crippen molar-refractivity contribution >= 4 is 23.8 Å². The van der Waals surface area contributed by atoms with E-state index >= 15 is 0 Å².